The Morgan fingerprint density at radius 3 is 2.31 bits per heavy atom. The third-order valence-electron chi connectivity index (χ3n) is 5.30. The van der Waals surface area contributed by atoms with Gasteiger partial charge in [0.15, 0.2) is 5.82 Å². The summed E-state index contributed by atoms with van der Waals surface area (Å²) in [6, 6.07) is 10.0. The highest BCUT2D eigenvalue weighted by Gasteiger charge is 2.27. The van der Waals surface area contributed by atoms with Crippen LogP contribution in [0.1, 0.15) is 36.8 Å². The number of hydrogen-bond donors (Lipinski definition) is 3. The second-order valence-electron chi connectivity index (χ2n) is 8.71. The van der Waals surface area contributed by atoms with Crippen LogP contribution in [0.3, 0.4) is 0 Å². The van der Waals surface area contributed by atoms with Gasteiger partial charge in [-0.05, 0) is 35.7 Å². The molecule has 0 saturated heterocycles. The molecule has 2 aliphatic heterocycles. The fraction of sp³-hybridized carbons (Fsp3) is 0.250. The molecule has 188 valence electrons. The summed E-state index contributed by atoms with van der Waals surface area (Å²) in [7, 11) is 3.44. The number of hydrogen-bond acceptors (Lipinski definition) is 5. The number of aromatic amines is 1. The first-order valence-corrected chi connectivity index (χ1v) is 12.2. The number of hydrazine groups is 1. The molecule has 0 atom stereocenters. The molecule has 0 fully saturated rings. The summed E-state index contributed by atoms with van der Waals surface area (Å²) in [5.41, 5.74) is 5.19. The van der Waals surface area contributed by atoms with Crippen LogP contribution in [-0.4, -0.2) is 44.9 Å². The lowest BCUT2D eigenvalue weighted by Crippen LogP contribution is -2.39. The highest BCUT2D eigenvalue weighted by atomic mass is 35.5. The zero-order valence-electron chi connectivity index (χ0n) is 20.0. The molecule has 2 aromatic rings. The van der Waals surface area contributed by atoms with Crippen LogP contribution in [-0.2, 0) is 6.42 Å². The smallest absolute Gasteiger partial charge is 0.307 e. The number of fused-ring (bicyclic) bond motifs is 1. The summed E-state index contributed by atoms with van der Waals surface area (Å²) in [6.07, 6.45) is 0.305. The minimum absolute atomic E-state index is 0.00880. The van der Waals surface area contributed by atoms with Crippen molar-refractivity contribution in [1.82, 2.24) is 30.2 Å². The van der Waals surface area contributed by atoms with Gasteiger partial charge in [0.25, 0.3) is 5.56 Å². The average molecular weight is 549 g/mol. The fourth-order valence-corrected chi connectivity index (χ4v) is 4.74. The predicted molar refractivity (Wildman–Crippen MR) is 143 cm³/mol. The lowest BCUT2D eigenvalue weighted by molar-refractivity contribution is 0.224. The second kappa shape index (κ2) is 10.5. The molecule has 2 heterocycles. The molecule has 2 aliphatic rings. The summed E-state index contributed by atoms with van der Waals surface area (Å²) in [4.78, 5) is 33.9. The third kappa shape index (κ3) is 5.49. The Morgan fingerprint density at radius 1 is 1.08 bits per heavy atom. The Labute approximate surface area is 222 Å². The zero-order valence-corrected chi connectivity index (χ0v) is 22.3. The van der Waals surface area contributed by atoms with Crippen LogP contribution in [0.15, 0.2) is 41.2 Å². The summed E-state index contributed by atoms with van der Waals surface area (Å²) < 4.78 is 1.61. The van der Waals surface area contributed by atoms with Crippen molar-refractivity contribution in [2.45, 2.75) is 26.2 Å². The van der Waals surface area contributed by atoms with E-state index in [-0.39, 0.29) is 11.9 Å². The SMILES string of the molecule is CC(C)c1[nH]n(-c2c(Cl)cc(Cl)cc2Cl)c2nc(Cc3ccc(NC(=O)NN(C)C)cc3)nc(=O)c1-2. The standard InChI is InChI=1S/C24H24Cl3N7O2/c1-12(2)20-19-22(34(31-20)21-16(26)10-14(25)11-17(21)27)29-18(30-23(19)35)9-13-5-7-15(8-6-13)28-24(36)32-33(3)4/h5-8,10-12,31H,9H2,1-4H3,(H2,28,32,36). The van der Waals surface area contributed by atoms with Gasteiger partial charge in [-0.3, -0.25) is 15.3 Å². The van der Waals surface area contributed by atoms with Crippen LogP contribution in [0.2, 0.25) is 15.1 Å². The zero-order chi connectivity index (χ0) is 26.1. The molecule has 0 bridgehead atoms. The van der Waals surface area contributed by atoms with E-state index < -0.39 is 5.56 Å². The summed E-state index contributed by atoms with van der Waals surface area (Å²) in [5.74, 6) is 0.701. The van der Waals surface area contributed by atoms with Crippen LogP contribution in [0.25, 0.3) is 17.1 Å². The molecule has 0 aliphatic carbocycles. The van der Waals surface area contributed by atoms with E-state index >= 15 is 0 Å². The molecule has 0 aromatic heterocycles. The van der Waals surface area contributed by atoms with Crippen molar-refractivity contribution in [2.24, 2.45) is 0 Å². The molecule has 36 heavy (non-hydrogen) atoms. The molecule has 0 saturated carbocycles. The van der Waals surface area contributed by atoms with Crippen molar-refractivity contribution in [3.05, 3.63) is 78.9 Å². The second-order valence-corrected chi connectivity index (χ2v) is 9.96. The first-order chi connectivity index (χ1) is 17.0. The van der Waals surface area contributed by atoms with E-state index in [4.69, 9.17) is 39.8 Å². The predicted octanol–water partition coefficient (Wildman–Crippen LogP) is 5.33. The van der Waals surface area contributed by atoms with Crippen LogP contribution in [0, 0.1) is 0 Å². The molecular weight excluding hydrogens is 525 g/mol. The summed E-state index contributed by atoms with van der Waals surface area (Å²) in [6.45, 7) is 3.92. The van der Waals surface area contributed by atoms with E-state index in [0.717, 1.165) is 5.56 Å². The number of halogens is 3. The van der Waals surface area contributed by atoms with E-state index in [2.05, 4.69) is 20.8 Å². The average Bonchev–Trinajstić information content (AvgIpc) is 3.14. The van der Waals surface area contributed by atoms with Gasteiger partial charge in [-0.15, -0.1) is 0 Å². The van der Waals surface area contributed by atoms with Gasteiger partial charge in [-0.2, -0.15) is 4.98 Å². The topological polar surface area (TPSA) is 108 Å². The van der Waals surface area contributed by atoms with Gasteiger partial charge in [0.2, 0.25) is 0 Å². The molecule has 3 N–H and O–H groups in total. The van der Waals surface area contributed by atoms with E-state index in [0.29, 0.717) is 55.8 Å². The third-order valence-corrected chi connectivity index (χ3v) is 6.09. The number of aromatic nitrogens is 4. The Morgan fingerprint density at radius 2 is 1.72 bits per heavy atom. The largest absolute Gasteiger partial charge is 0.333 e. The number of carbonyl (C=O) groups is 1. The van der Waals surface area contributed by atoms with Crippen LogP contribution >= 0.6 is 34.8 Å². The van der Waals surface area contributed by atoms with E-state index in [1.54, 1.807) is 48.1 Å². The van der Waals surface area contributed by atoms with E-state index in [9.17, 15) is 9.59 Å². The molecule has 9 nitrogen and oxygen atoms in total. The van der Waals surface area contributed by atoms with Gasteiger partial charge in [-0.25, -0.2) is 19.5 Å². The number of nitrogens with one attached hydrogen (secondary N) is 3. The molecule has 0 spiro atoms. The first-order valence-electron chi connectivity index (χ1n) is 11.0. The normalized spacial score (nSPS) is 11.5. The van der Waals surface area contributed by atoms with Crippen molar-refractivity contribution < 1.29 is 4.79 Å². The number of rotatable bonds is 6. The fourth-order valence-electron chi connectivity index (χ4n) is 3.76. The molecule has 12 heteroatoms. The van der Waals surface area contributed by atoms with Gasteiger partial charge in [0, 0.05) is 31.2 Å². The maximum Gasteiger partial charge on any atom is 0.333 e. The van der Waals surface area contributed by atoms with E-state index in [1.807, 2.05) is 26.0 Å². The van der Waals surface area contributed by atoms with E-state index in [1.165, 1.54) is 0 Å². The Kier molecular flexibility index (Phi) is 7.56. The molecular formula is C24H24Cl3N7O2. The minimum Gasteiger partial charge on any atom is -0.307 e. The first kappa shape index (κ1) is 26.0. The highest BCUT2D eigenvalue weighted by molar-refractivity contribution is 6.40. The van der Waals surface area contributed by atoms with Crippen molar-refractivity contribution in [3.63, 3.8) is 0 Å². The quantitative estimate of drug-likeness (QED) is 0.282. The van der Waals surface area contributed by atoms with Crippen molar-refractivity contribution >= 4 is 46.5 Å². The van der Waals surface area contributed by atoms with Gasteiger partial charge >= 0.3 is 6.03 Å². The lowest BCUT2D eigenvalue weighted by atomic mass is 10.1. The summed E-state index contributed by atoms with van der Waals surface area (Å²) >= 11 is 19.0. The van der Waals surface area contributed by atoms with Gasteiger partial charge in [-0.1, -0.05) is 60.8 Å². The monoisotopic (exact) mass is 547 g/mol. The number of benzene rings is 2. The maximum absolute atomic E-state index is 13.1. The highest BCUT2D eigenvalue weighted by Crippen LogP contribution is 2.36. The van der Waals surface area contributed by atoms with Gasteiger partial charge in [0.05, 0.1) is 15.7 Å². The number of urea groups is 1. The Balaban J connectivity index is 1.72. The Hall–Kier alpha value is -3.11. The molecule has 2 amide bonds. The van der Waals surface area contributed by atoms with Gasteiger partial charge in [0.1, 0.15) is 17.1 Å². The maximum atomic E-state index is 13.1. The van der Waals surface area contributed by atoms with Gasteiger partial charge < -0.3 is 5.32 Å². The van der Waals surface area contributed by atoms with Crippen LogP contribution in [0.4, 0.5) is 10.5 Å². The van der Waals surface area contributed by atoms with Crippen molar-refractivity contribution in [3.8, 4) is 17.1 Å². The summed E-state index contributed by atoms with van der Waals surface area (Å²) in [5, 5.41) is 8.52. The number of amides is 2. The number of H-pyrrole nitrogens is 1. The van der Waals surface area contributed by atoms with Crippen molar-refractivity contribution in [1.29, 1.82) is 0 Å². The minimum atomic E-state index is -0.395. The van der Waals surface area contributed by atoms with Crippen LogP contribution in [0.5, 0.6) is 0 Å². The number of anilines is 1. The molecule has 0 radical (unpaired) electrons. The Bertz CT molecular complexity index is 1420. The van der Waals surface area contributed by atoms with Crippen molar-refractivity contribution in [2.75, 3.05) is 19.4 Å². The molecule has 4 rings (SSSR count). The molecule has 0 unspecified atom stereocenters. The number of nitrogens with zero attached hydrogens (tertiary/aromatic N) is 4. The lowest BCUT2D eigenvalue weighted by Gasteiger charge is -2.13. The van der Waals surface area contributed by atoms with Crippen LogP contribution < -0.4 is 16.3 Å². The molecule has 2 aromatic carbocycles. The number of carbonyl (C=O) groups excluding carboxylic acids is 1.